The molecule has 1 aliphatic heterocycles. The van der Waals surface area contributed by atoms with Gasteiger partial charge >= 0.3 is 0 Å². The zero-order valence-corrected chi connectivity index (χ0v) is 15.0. The average molecular weight is 296 g/mol. The molecule has 3 atom stereocenters. The van der Waals surface area contributed by atoms with Crippen molar-refractivity contribution in [2.75, 3.05) is 33.2 Å². The first-order valence-electron chi connectivity index (χ1n) is 9.06. The Labute approximate surface area is 132 Å². The van der Waals surface area contributed by atoms with Crippen LogP contribution in [-0.2, 0) is 0 Å². The molecule has 3 unspecified atom stereocenters. The second-order valence-corrected chi connectivity index (χ2v) is 8.56. The molecule has 0 bridgehead atoms. The van der Waals surface area contributed by atoms with Gasteiger partial charge in [0, 0.05) is 32.2 Å². The van der Waals surface area contributed by atoms with Crippen LogP contribution in [0.15, 0.2) is 0 Å². The second kappa shape index (κ2) is 7.43. The summed E-state index contributed by atoms with van der Waals surface area (Å²) in [7, 11) is 2.06. The van der Waals surface area contributed by atoms with Crippen LogP contribution in [0.1, 0.15) is 59.8 Å². The fourth-order valence-electron chi connectivity index (χ4n) is 4.44. The molecule has 2 fully saturated rings. The van der Waals surface area contributed by atoms with Gasteiger partial charge in [0.1, 0.15) is 0 Å². The van der Waals surface area contributed by atoms with Crippen LogP contribution in [0.2, 0.25) is 0 Å². The van der Waals surface area contributed by atoms with Crippen molar-refractivity contribution in [3.8, 4) is 0 Å². The Hall–Kier alpha value is -0.120. The number of nitrogens with zero attached hydrogens (tertiary/aromatic N) is 2. The highest BCUT2D eigenvalue weighted by molar-refractivity contribution is 4.86. The van der Waals surface area contributed by atoms with Crippen LogP contribution in [0.3, 0.4) is 0 Å². The van der Waals surface area contributed by atoms with Crippen molar-refractivity contribution in [3.05, 3.63) is 0 Å². The van der Waals surface area contributed by atoms with Crippen LogP contribution >= 0.6 is 0 Å². The zero-order chi connectivity index (χ0) is 15.5. The molecule has 0 radical (unpaired) electrons. The zero-order valence-electron chi connectivity index (χ0n) is 15.0. The van der Waals surface area contributed by atoms with Gasteiger partial charge in [-0.2, -0.15) is 0 Å². The molecule has 2 rings (SSSR count). The first-order chi connectivity index (χ1) is 9.89. The van der Waals surface area contributed by atoms with Crippen LogP contribution in [0.25, 0.3) is 0 Å². The maximum atomic E-state index is 3.36. The fourth-order valence-corrected chi connectivity index (χ4v) is 4.44. The summed E-state index contributed by atoms with van der Waals surface area (Å²) < 4.78 is 0. The summed E-state index contributed by atoms with van der Waals surface area (Å²) >= 11 is 0. The van der Waals surface area contributed by atoms with Gasteiger partial charge in [0.25, 0.3) is 0 Å². The molecule has 21 heavy (non-hydrogen) atoms. The number of hydrogen-bond acceptors (Lipinski definition) is 3. The smallest absolute Gasteiger partial charge is 0.0168 e. The molecule has 0 aromatic rings. The summed E-state index contributed by atoms with van der Waals surface area (Å²) in [5.74, 6) is 1.49. The first kappa shape index (κ1) is 17.2. The Balaban J connectivity index is 2.03. The van der Waals surface area contributed by atoms with Gasteiger partial charge in [0.2, 0.25) is 0 Å². The highest BCUT2D eigenvalue weighted by Gasteiger charge is 2.32. The summed E-state index contributed by atoms with van der Waals surface area (Å²) in [5, 5.41) is 2.41. The highest BCUT2D eigenvalue weighted by atomic mass is 15.5. The molecular formula is C18H37N3. The molecule has 3 nitrogen and oxygen atoms in total. The Morgan fingerprint density at radius 1 is 0.952 bits per heavy atom. The van der Waals surface area contributed by atoms with Crippen molar-refractivity contribution in [1.29, 1.82) is 0 Å². The van der Waals surface area contributed by atoms with Crippen molar-refractivity contribution in [3.63, 3.8) is 0 Å². The number of rotatable bonds is 2. The van der Waals surface area contributed by atoms with Crippen molar-refractivity contribution in [1.82, 2.24) is 15.3 Å². The first-order valence-corrected chi connectivity index (χ1v) is 9.06. The van der Waals surface area contributed by atoms with Crippen molar-refractivity contribution >= 4 is 0 Å². The Morgan fingerprint density at radius 2 is 1.57 bits per heavy atom. The van der Waals surface area contributed by atoms with Crippen LogP contribution in [-0.4, -0.2) is 49.2 Å². The van der Waals surface area contributed by atoms with Gasteiger partial charge in [-0.05, 0) is 43.6 Å². The second-order valence-electron chi connectivity index (χ2n) is 8.56. The van der Waals surface area contributed by atoms with Gasteiger partial charge in [-0.15, -0.1) is 0 Å². The molecule has 1 heterocycles. The fraction of sp³-hybridized carbons (Fsp3) is 1.00. The molecule has 0 spiro atoms. The average Bonchev–Trinajstić information content (AvgIpc) is 2.56. The summed E-state index contributed by atoms with van der Waals surface area (Å²) in [5.41, 5.74) is 3.90. The van der Waals surface area contributed by atoms with E-state index in [2.05, 4.69) is 50.1 Å². The van der Waals surface area contributed by atoms with E-state index in [-0.39, 0.29) is 0 Å². The Kier molecular flexibility index (Phi) is 6.10. The van der Waals surface area contributed by atoms with E-state index >= 15 is 0 Å². The van der Waals surface area contributed by atoms with Gasteiger partial charge in [-0.3, -0.25) is 10.3 Å². The molecule has 1 aliphatic carbocycles. The van der Waals surface area contributed by atoms with E-state index in [0.29, 0.717) is 5.41 Å². The van der Waals surface area contributed by atoms with E-state index in [1.807, 2.05) is 0 Å². The maximum Gasteiger partial charge on any atom is 0.0168 e. The molecule has 124 valence electrons. The van der Waals surface area contributed by atoms with Gasteiger partial charge in [-0.1, -0.05) is 40.5 Å². The molecule has 0 aromatic carbocycles. The van der Waals surface area contributed by atoms with E-state index in [1.54, 1.807) is 0 Å². The lowest BCUT2D eigenvalue weighted by molar-refractivity contribution is 0.0506. The minimum Gasteiger partial charge on any atom is -0.300 e. The van der Waals surface area contributed by atoms with Crippen LogP contribution in [0.5, 0.6) is 0 Å². The molecule has 2 aliphatic rings. The number of nitrogens with one attached hydrogen (secondary N) is 1. The van der Waals surface area contributed by atoms with Crippen molar-refractivity contribution < 1.29 is 0 Å². The lowest BCUT2D eigenvalue weighted by atomic mass is 9.83. The van der Waals surface area contributed by atoms with E-state index < -0.39 is 0 Å². The molecule has 0 amide bonds. The highest BCUT2D eigenvalue weighted by Crippen LogP contribution is 2.36. The topological polar surface area (TPSA) is 18.5 Å². The third kappa shape index (κ3) is 5.22. The molecule has 0 aromatic heterocycles. The third-order valence-corrected chi connectivity index (χ3v) is 5.42. The molecule has 3 heteroatoms. The predicted molar refractivity (Wildman–Crippen MR) is 91.2 cm³/mol. The summed E-state index contributed by atoms with van der Waals surface area (Å²) in [6.07, 6.45) is 7.07. The van der Waals surface area contributed by atoms with Crippen LogP contribution in [0.4, 0.5) is 0 Å². The standard InChI is InChI=1S/C18H37N3/c1-15-11-20(12-16(2)14-21(13-15)19-5)17-8-6-7-9-18(3,4)10-17/h15-17,19H,6-14H2,1-5H3. The van der Waals surface area contributed by atoms with E-state index in [1.165, 1.54) is 58.3 Å². The maximum absolute atomic E-state index is 3.36. The van der Waals surface area contributed by atoms with Gasteiger partial charge in [0.15, 0.2) is 0 Å². The van der Waals surface area contributed by atoms with Crippen LogP contribution in [0, 0.1) is 17.3 Å². The van der Waals surface area contributed by atoms with Gasteiger partial charge < -0.3 is 0 Å². The lowest BCUT2D eigenvalue weighted by Crippen LogP contribution is -2.51. The summed E-state index contributed by atoms with van der Waals surface area (Å²) in [6, 6.07) is 0.813. The van der Waals surface area contributed by atoms with Crippen molar-refractivity contribution in [2.45, 2.75) is 65.8 Å². The van der Waals surface area contributed by atoms with Gasteiger partial charge in [-0.25, -0.2) is 5.01 Å². The largest absolute Gasteiger partial charge is 0.300 e. The normalized spacial score (nSPS) is 36.7. The molecular weight excluding hydrogens is 258 g/mol. The predicted octanol–water partition coefficient (Wildman–Crippen LogP) is 3.37. The van der Waals surface area contributed by atoms with Crippen molar-refractivity contribution in [2.24, 2.45) is 17.3 Å². The SMILES string of the molecule is CNN1CC(C)CN(C2CCCCC(C)(C)C2)CC(C)C1. The third-order valence-electron chi connectivity index (χ3n) is 5.42. The minimum absolute atomic E-state index is 0.535. The number of hydrogen-bond donors (Lipinski definition) is 1. The van der Waals surface area contributed by atoms with E-state index in [0.717, 1.165) is 17.9 Å². The lowest BCUT2D eigenvalue weighted by Gasteiger charge is -2.41. The molecule has 1 N–H and O–H groups in total. The van der Waals surface area contributed by atoms with Gasteiger partial charge in [0.05, 0.1) is 0 Å². The van der Waals surface area contributed by atoms with Crippen LogP contribution < -0.4 is 5.43 Å². The summed E-state index contributed by atoms with van der Waals surface area (Å²) in [6.45, 7) is 14.7. The summed E-state index contributed by atoms with van der Waals surface area (Å²) in [4.78, 5) is 2.84. The Morgan fingerprint density at radius 3 is 2.14 bits per heavy atom. The van der Waals surface area contributed by atoms with E-state index in [4.69, 9.17) is 0 Å². The van der Waals surface area contributed by atoms with E-state index in [9.17, 15) is 0 Å². The minimum atomic E-state index is 0.535. The Bertz CT molecular complexity index is 302. The molecule has 1 saturated heterocycles. The monoisotopic (exact) mass is 295 g/mol. The number of hydrazine groups is 1. The molecule has 1 saturated carbocycles. The quantitative estimate of drug-likeness (QED) is 0.788.